The van der Waals surface area contributed by atoms with E-state index in [1.165, 1.54) is 24.5 Å². The maximum atomic E-state index is 14.4. The fourth-order valence-electron chi connectivity index (χ4n) is 3.22. The first-order chi connectivity index (χ1) is 14.0. The number of aryl methyl sites for hydroxylation is 1. The molecule has 9 heteroatoms. The van der Waals surface area contributed by atoms with E-state index in [0.29, 0.717) is 33.8 Å². The number of nitrogens with zero attached hydrogens (tertiary/aromatic N) is 5. The molecule has 0 fully saturated rings. The molecule has 4 aromatic heterocycles. The van der Waals surface area contributed by atoms with Crippen LogP contribution in [0.5, 0.6) is 0 Å². The maximum absolute atomic E-state index is 14.4. The predicted octanol–water partition coefficient (Wildman–Crippen LogP) is 3.73. The summed E-state index contributed by atoms with van der Waals surface area (Å²) in [6.07, 6.45) is 4.64. The van der Waals surface area contributed by atoms with Crippen LogP contribution in [-0.2, 0) is 7.05 Å². The molecule has 0 aliphatic carbocycles. The van der Waals surface area contributed by atoms with Crippen LogP contribution < -0.4 is 5.43 Å². The summed E-state index contributed by atoms with van der Waals surface area (Å²) in [6, 6.07) is 7.65. The average molecular weight is 407 g/mol. The van der Waals surface area contributed by atoms with E-state index in [9.17, 15) is 9.18 Å². The van der Waals surface area contributed by atoms with Crippen molar-refractivity contribution < 1.29 is 4.39 Å². The van der Waals surface area contributed by atoms with Crippen LogP contribution in [0, 0.1) is 5.82 Å². The van der Waals surface area contributed by atoms with Crippen molar-refractivity contribution in [1.29, 1.82) is 0 Å². The third kappa shape index (κ3) is 2.85. The van der Waals surface area contributed by atoms with Gasteiger partial charge in [0.25, 0.3) is 0 Å². The van der Waals surface area contributed by atoms with Crippen LogP contribution in [0.1, 0.15) is 0 Å². The molecule has 5 rings (SSSR count). The standard InChI is InChI=1S/C20H12ClFN6O/c1-28-7-4-14(27-28)18-16(25-19-15(29)3-6-24-20(19)26-18)10-8-11-13(22)2-5-23-17(11)12(21)9-10/h2-9H,1H3,(H,24,26,29). The van der Waals surface area contributed by atoms with Crippen molar-refractivity contribution in [2.75, 3.05) is 0 Å². The molecular weight excluding hydrogens is 395 g/mol. The van der Waals surface area contributed by atoms with Gasteiger partial charge in [0.2, 0.25) is 5.43 Å². The summed E-state index contributed by atoms with van der Waals surface area (Å²) >= 11 is 6.37. The van der Waals surface area contributed by atoms with Gasteiger partial charge in [-0.15, -0.1) is 0 Å². The predicted molar refractivity (Wildman–Crippen MR) is 108 cm³/mol. The number of pyridine rings is 2. The molecule has 0 aliphatic heterocycles. The number of hydrogen-bond donors (Lipinski definition) is 1. The lowest BCUT2D eigenvalue weighted by Gasteiger charge is -2.10. The van der Waals surface area contributed by atoms with E-state index in [1.54, 1.807) is 36.1 Å². The van der Waals surface area contributed by atoms with Gasteiger partial charge in [-0.25, -0.2) is 14.4 Å². The van der Waals surface area contributed by atoms with Gasteiger partial charge in [-0.1, -0.05) is 11.6 Å². The number of aromatic nitrogens is 6. The Balaban J connectivity index is 1.88. The molecule has 142 valence electrons. The van der Waals surface area contributed by atoms with E-state index in [2.05, 4.69) is 25.0 Å². The first kappa shape index (κ1) is 17.4. The molecule has 0 atom stereocenters. The molecule has 1 aromatic carbocycles. The van der Waals surface area contributed by atoms with Gasteiger partial charge in [0.15, 0.2) is 11.2 Å². The molecule has 0 saturated heterocycles. The van der Waals surface area contributed by atoms with E-state index in [4.69, 9.17) is 11.6 Å². The number of halogens is 2. The number of hydrogen-bond acceptors (Lipinski definition) is 5. The van der Waals surface area contributed by atoms with E-state index in [0.717, 1.165) is 0 Å². The highest BCUT2D eigenvalue weighted by Crippen LogP contribution is 2.34. The Labute approximate surface area is 167 Å². The Kier molecular flexibility index (Phi) is 3.88. The van der Waals surface area contributed by atoms with Gasteiger partial charge in [0.05, 0.1) is 16.2 Å². The molecule has 4 heterocycles. The normalized spacial score (nSPS) is 11.4. The SMILES string of the molecule is Cn1ccc(-c2nc3[nH]ccc(=O)c3nc2-c2cc(Cl)c3nccc(F)c3c2)n1. The second kappa shape index (κ2) is 6.46. The summed E-state index contributed by atoms with van der Waals surface area (Å²) in [5.74, 6) is -0.454. The average Bonchev–Trinajstić information content (AvgIpc) is 3.14. The van der Waals surface area contributed by atoms with Crippen molar-refractivity contribution in [3.05, 3.63) is 70.0 Å². The highest BCUT2D eigenvalue weighted by atomic mass is 35.5. The Morgan fingerprint density at radius 2 is 1.97 bits per heavy atom. The highest BCUT2D eigenvalue weighted by molar-refractivity contribution is 6.35. The van der Waals surface area contributed by atoms with Crippen LogP contribution >= 0.6 is 11.6 Å². The van der Waals surface area contributed by atoms with Crippen molar-refractivity contribution in [3.63, 3.8) is 0 Å². The van der Waals surface area contributed by atoms with Crippen molar-refractivity contribution in [2.24, 2.45) is 7.05 Å². The van der Waals surface area contributed by atoms with Gasteiger partial charge in [0, 0.05) is 42.7 Å². The van der Waals surface area contributed by atoms with Gasteiger partial charge >= 0.3 is 0 Å². The first-order valence-corrected chi connectivity index (χ1v) is 9.02. The van der Waals surface area contributed by atoms with Crippen LogP contribution in [0.3, 0.4) is 0 Å². The summed E-state index contributed by atoms with van der Waals surface area (Å²) in [4.78, 5) is 28.5. The van der Waals surface area contributed by atoms with Crippen molar-refractivity contribution in [1.82, 2.24) is 29.7 Å². The van der Waals surface area contributed by atoms with Crippen LogP contribution in [-0.4, -0.2) is 29.7 Å². The molecule has 0 radical (unpaired) electrons. The van der Waals surface area contributed by atoms with Crippen LogP contribution in [0.25, 0.3) is 44.7 Å². The van der Waals surface area contributed by atoms with Gasteiger partial charge in [-0.2, -0.15) is 5.10 Å². The smallest absolute Gasteiger partial charge is 0.209 e. The minimum atomic E-state index is -0.454. The molecule has 5 aromatic rings. The molecular formula is C20H12ClFN6O. The quantitative estimate of drug-likeness (QED) is 0.482. The van der Waals surface area contributed by atoms with Crippen molar-refractivity contribution in [3.8, 4) is 22.6 Å². The Morgan fingerprint density at radius 1 is 1.10 bits per heavy atom. The zero-order valence-corrected chi connectivity index (χ0v) is 15.8. The van der Waals surface area contributed by atoms with Gasteiger partial charge < -0.3 is 4.98 Å². The summed E-state index contributed by atoms with van der Waals surface area (Å²) in [5.41, 5.74) is 2.46. The molecule has 0 aliphatic rings. The summed E-state index contributed by atoms with van der Waals surface area (Å²) in [7, 11) is 1.79. The largest absolute Gasteiger partial charge is 0.345 e. The molecule has 0 saturated carbocycles. The second-order valence-corrected chi connectivity index (χ2v) is 6.89. The molecule has 7 nitrogen and oxygen atoms in total. The molecule has 0 unspecified atom stereocenters. The molecule has 0 spiro atoms. The van der Waals surface area contributed by atoms with E-state index in [1.807, 2.05) is 0 Å². The molecule has 0 amide bonds. The van der Waals surface area contributed by atoms with Crippen molar-refractivity contribution >= 4 is 33.7 Å². The molecule has 1 N–H and O–H groups in total. The fraction of sp³-hybridized carbons (Fsp3) is 0.0500. The maximum Gasteiger partial charge on any atom is 0.209 e. The lowest BCUT2D eigenvalue weighted by atomic mass is 10.0. The zero-order valence-electron chi connectivity index (χ0n) is 15.0. The highest BCUT2D eigenvalue weighted by Gasteiger charge is 2.19. The minimum absolute atomic E-state index is 0.171. The Hall–Kier alpha value is -3.65. The number of H-pyrrole nitrogens is 1. The zero-order chi connectivity index (χ0) is 20.1. The number of benzene rings is 1. The number of rotatable bonds is 2. The first-order valence-electron chi connectivity index (χ1n) is 8.65. The summed E-state index contributed by atoms with van der Waals surface area (Å²) in [5, 5.41) is 4.93. The second-order valence-electron chi connectivity index (χ2n) is 6.48. The molecule has 29 heavy (non-hydrogen) atoms. The van der Waals surface area contributed by atoms with Gasteiger partial charge in [-0.3, -0.25) is 14.5 Å². The lowest BCUT2D eigenvalue weighted by Crippen LogP contribution is -2.07. The number of nitrogens with one attached hydrogen (secondary N) is 1. The van der Waals surface area contributed by atoms with E-state index in [-0.39, 0.29) is 21.4 Å². The van der Waals surface area contributed by atoms with Crippen LogP contribution in [0.4, 0.5) is 4.39 Å². The fourth-order valence-corrected chi connectivity index (χ4v) is 3.49. The third-order valence-corrected chi connectivity index (χ3v) is 4.85. The minimum Gasteiger partial charge on any atom is -0.345 e. The Bertz CT molecular complexity index is 1480. The van der Waals surface area contributed by atoms with Crippen LogP contribution in [0.2, 0.25) is 5.02 Å². The topological polar surface area (TPSA) is 89.4 Å². The summed E-state index contributed by atoms with van der Waals surface area (Å²) in [6.45, 7) is 0. The molecule has 0 bridgehead atoms. The van der Waals surface area contributed by atoms with E-state index >= 15 is 0 Å². The number of fused-ring (bicyclic) bond motifs is 2. The van der Waals surface area contributed by atoms with E-state index < -0.39 is 5.82 Å². The lowest BCUT2D eigenvalue weighted by molar-refractivity contribution is 0.638. The third-order valence-electron chi connectivity index (χ3n) is 4.56. The van der Waals surface area contributed by atoms with Gasteiger partial charge in [-0.05, 0) is 24.3 Å². The Morgan fingerprint density at radius 3 is 2.76 bits per heavy atom. The van der Waals surface area contributed by atoms with Crippen molar-refractivity contribution in [2.45, 2.75) is 0 Å². The summed E-state index contributed by atoms with van der Waals surface area (Å²) < 4.78 is 16.0. The number of aromatic amines is 1. The van der Waals surface area contributed by atoms with Crippen LogP contribution in [0.15, 0.2) is 53.7 Å². The van der Waals surface area contributed by atoms with Gasteiger partial charge in [0.1, 0.15) is 17.2 Å². The monoisotopic (exact) mass is 406 g/mol.